The Morgan fingerprint density at radius 1 is 1.26 bits per heavy atom. The number of methoxy groups -OCH3 is 1. The molecular weight excluding hydrogens is 388 g/mol. The number of nitrogens with one attached hydrogen (secondary N) is 2. The quantitative estimate of drug-likeness (QED) is 0.584. The lowest BCUT2D eigenvalue weighted by atomic mass is 9.90. The first kappa shape index (κ1) is 19.5. The van der Waals surface area contributed by atoms with Crippen molar-refractivity contribution >= 4 is 33.2 Å². The summed E-state index contributed by atoms with van der Waals surface area (Å²) in [7, 11) is -2.97. The van der Waals surface area contributed by atoms with E-state index in [1.54, 1.807) is 0 Å². The molecule has 0 unspecified atom stereocenters. The number of thiophene rings is 1. The third kappa shape index (κ3) is 4.20. The van der Waals surface area contributed by atoms with Gasteiger partial charge in [-0.25, -0.2) is 13.2 Å². The molecule has 0 saturated carbocycles. The summed E-state index contributed by atoms with van der Waals surface area (Å²) in [5.74, 6) is -0.722. The SMILES string of the molecule is COC(=O)c1ccccc1S(=O)(=O)NNC(=O)c1cc2c(s1)CC[C@@H](C)C2. The van der Waals surface area contributed by atoms with Crippen LogP contribution in [0.3, 0.4) is 0 Å². The number of rotatable bonds is 5. The number of carbonyl (C=O) groups is 2. The van der Waals surface area contributed by atoms with Crippen molar-refractivity contribution in [3.8, 4) is 0 Å². The van der Waals surface area contributed by atoms with E-state index in [1.165, 1.54) is 47.6 Å². The predicted molar refractivity (Wildman–Crippen MR) is 101 cm³/mol. The maximum Gasteiger partial charge on any atom is 0.339 e. The number of benzene rings is 1. The van der Waals surface area contributed by atoms with E-state index in [0.29, 0.717) is 10.8 Å². The third-order valence-corrected chi connectivity index (χ3v) is 6.98. The number of hydrogen-bond acceptors (Lipinski definition) is 6. The molecule has 7 nitrogen and oxygen atoms in total. The number of amides is 1. The average Bonchev–Trinajstić information content (AvgIpc) is 3.08. The van der Waals surface area contributed by atoms with E-state index in [-0.39, 0.29) is 10.5 Å². The van der Waals surface area contributed by atoms with Crippen LogP contribution in [0.2, 0.25) is 0 Å². The van der Waals surface area contributed by atoms with Crippen molar-refractivity contribution in [2.24, 2.45) is 5.92 Å². The number of hydrazine groups is 1. The molecule has 27 heavy (non-hydrogen) atoms. The van der Waals surface area contributed by atoms with E-state index < -0.39 is 21.9 Å². The van der Waals surface area contributed by atoms with Gasteiger partial charge in [0.2, 0.25) is 0 Å². The molecule has 2 N–H and O–H groups in total. The summed E-state index contributed by atoms with van der Waals surface area (Å²) in [5.41, 5.74) is 3.27. The molecule has 1 aromatic heterocycles. The molecule has 1 aliphatic rings. The largest absolute Gasteiger partial charge is 0.465 e. The zero-order valence-corrected chi connectivity index (χ0v) is 16.6. The van der Waals surface area contributed by atoms with Gasteiger partial charge in [-0.3, -0.25) is 10.2 Å². The minimum Gasteiger partial charge on any atom is -0.465 e. The molecule has 2 aromatic rings. The van der Waals surface area contributed by atoms with Crippen LogP contribution >= 0.6 is 11.3 Å². The van der Waals surface area contributed by atoms with Crippen molar-refractivity contribution in [1.29, 1.82) is 0 Å². The number of ether oxygens (including phenoxy) is 1. The second kappa shape index (κ2) is 7.79. The van der Waals surface area contributed by atoms with Crippen LogP contribution in [0.4, 0.5) is 0 Å². The summed E-state index contributed by atoms with van der Waals surface area (Å²) in [6.45, 7) is 2.17. The molecule has 3 rings (SSSR count). The Morgan fingerprint density at radius 3 is 2.74 bits per heavy atom. The fourth-order valence-electron chi connectivity index (χ4n) is 3.03. The molecule has 0 saturated heterocycles. The molecule has 144 valence electrons. The lowest BCUT2D eigenvalue weighted by Crippen LogP contribution is -2.41. The standard InChI is InChI=1S/C18H20N2O5S2/c1-11-7-8-14-12(9-11)10-15(26-14)17(21)19-20-27(23,24)16-6-4-3-5-13(16)18(22)25-2/h3-6,10-11,20H,7-9H2,1-2H3,(H,19,21)/t11-/m1/s1. The molecule has 1 heterocycles. The predicted octanol–water partition coefficient (Wildman–Crippen LogP) is 2.28. The summed E-state index contributed by atoms with van der Waals surface area (Å²) in [6, 6.07) is 7.45. The summed E-state index contributed by atoms with van der Waals surface area (Å²) >= 11 is 1.38. The molecule has 0 bridgehead atoms. The van der Waals surface area contributed by atoms with Crippen LogP contribution in [-0.4, -0.2) is 27.4 Å². The first-order chi connectivity index (χ1) is 12.8. The van der Waals surface area contributed by atoms with Crippen molar-refractivity contribution < 1.29 is 22.7 Å². The van der Waals surface area contributed by atoms with Crippen LogP contribution < -0.4 is 10.3 Å². The first-order valence-electron chi connectivity index (χ1n) is 8.43. The Labute approximate surface area is 161 Å². The molecule has 1 amide bonds. The van der Waals surface area contributed by atoms with Crippen LogP contribution in [0.5, 0.6) is 0 Å². The molecule has 9 heteroatoms. The maximum atomic E-state index is 12.5. The van der Waals surface area contributed by atoms with Gasteiger partial charge in [-0.05, 0) is 48.9 Å². The molecule has 1 aliphatic carbocycles. The van der Waals surface area contributed by atoms with Crippen molar-refractivity contribution in [2.45, 2.75) is 31.1 Å². The van der Waals surface area contributed by atoms with Crippen LogP contribution in [0.25, 0.3) is 0 Å². The van der Waals surface area contributed by atoms with Gasteiger partial charge in [-0.15, -0.1) is 16.2 Å². The molecule has 0 radical (unpaired) electrons. The lowest BCUT2D eigenvalue weighted by molar-refractivity contribution is 0.0596. The molecule has 0 spiro atoms. The highest BCUT2D eigenvalue weighted by Gasteiger charge is 2.25. The number of hydrogen-bond donors (Lipinski definition) is 2. The van der Waals surface area contributed by atoms with Gasteiger partial charge in [0.25, 0.3) is 15.9 Å². The van der Waals surface area contributed by atoms with Gasteiger partial charge in [0.1, 0.15) is 0 Å². The highest BCUT2D eigenvalue weighted by Crippen LogP contribution is 2.32. The third-order valence-electron chi connectivity index (χ3n) is 4.43. The topological polar surface area (TPSA) is 102 Å². The Balaban J connectivity index is 1.75. The molecule has 0 aliphatic heterocycles. The number of carbonyl (C=O) groups excluding carboxylic acids is 2. The maximum absolute atomic E-state index is 12.5. The van der Waals surface area contributed by atoms with Crippen molar-refractivity contribution in [3.05, 3.63) is 51.2 Å². The zero-order valence-electron chi connectivity index (χ0n) is 14.9. The number of aryl methyl sites for hydroxylation is 1. The fourth-order valence-corrected chi connectivity index (χ4v) is 5.17. The molecular formula is C18H20N2O5S2. The monoisotopic (exact) mass is 408 g/mol. The Bertz CT molecular complexity index is 981. The van der Waals surface area contributed by atoms with Crippen molar-refractivity contribution in [2.75, 3.05) is 7.11 Å². The normalized spacial score (nSPS) is 16.4. The highest BCUT2D eigenvalue weighted by atomic mass is 32.2. The van der Waals surface area contributed by atoms with Crippen molar-refractivity contribution in [1.82, 2.24) is 10.3 Å². The minimum atomic E-state index is -4.14. The smallest absolute Gasteiger partial charge is 0.339 e. The van der Waals surface area contributed by atoms with Gasteiger partial charge in [-0.1, -0.05) is 19.1 Å². The van der Waals surface area contributed by atoms with Crippen molar-refractivity contribution in [3.63, 3.8) is 0 Å². The van der Waals surface area contributed by atoms with Gasteiger partial charge in [0.05, 0.1) is 22.4 Å². The Kier molecular flexibility index (Phi) is 5.64. The van der Waals surface area contributed by atoms with Gasteiger partial charge in [0, 0.05) is 4.88 Å². The number of esters is 1. The molecule has 1 aromatic carbocycles. The van der Waals surface area contributed by atoms with Gasteiger partial charge >= 0.3 is 5.97 Å². The summed E-state index contributed by atoms with van der Waals surface area (Å²) < 4.78 is 29.6. The van der Waals surface area contributed by atoms with Crippen LogP contribution in [0.1, 0.15) is 43.8 Å². The number of sulfonamides is 1. The van der Waals surface area contributed by atoms with E-state index >= 15 is 0 Å². The van der Waals surface area contributed by atoms with Gasteiger partial charge in [-0.2, -0.15) is 0 Å². The number of fused-ring (bicyclic) bond motifs is 1. The van der Waals surface area contributed by atoms with E-state index in [0.717, 1.165) is 24.8 Å². The highest BCUT2D eigenvalue weighted by molar-refractivity contribution is 7.89. The van der Waals surface area contributed by atoms with E-state index in [4.69, 9.17) is 0 Å². The lowest BCUT2D eigenvalue weighted by Gasteiger charge is -2.16. The Hall–Kier alpha value is -2.23. The summed E-state index contributed by atoms with van der Waals surface area (Å²) in [6.07, 6.45) is 2.95. The zero-order chi connectivity index (χ0) is 19.6. The Morgan fingerprint density at radius 2 is 2.00 bits per heavy atom. The van der Waals surface area contributed by atoms with Crippen LogP contribution in [0.15, 0.2) is 35.2 Å². The van der Waals surface area contributed by atoms with Gasteiger partial charge < -0.3 is 4.74 Å². The minimum absolute atomic E-state index is 0.109. The second-order valence-corrected chi connectivity index (χ2v) is 9.24. The first-order valence-corrected chi connectivity index (χ1v) is 10.7. The van der Waals surface area contributed by atoms with Crippen LogP contribution in [0, 0.1) is 5.92 Å². The van der Waals surface area contributed by atoms with E-state index in [2.05, 4.69) is 21.9 Å². The van der Waals surface area contributed by atoms with E-state index in [9.17, 15) is 18.0 Å². The van der Waals surface area contributed by atoms with Gasteiger partial charge in [0.15, 0.2) is 0 Å². The molecule has 1 atom stereocenters. The summed E-state index contributed by atoms with van der Waals surface area (Å²) in [5, 5.41) is 0. The summed E-state index contributed by atoms with van der Waals surface area (Å²) in [4.78, 5) is 27.6. The molecule has 0 fully saturated rings. The van der Waals surface area contributed by atoms with Crippen LogP contribution in [-0.2, 0) is 27.6 Å². The average molecular weight is 409 g/mol. The van der Waals surface area contributed by atoms with E-state index in [1.807, 2.05) is 6.07 Å². The fraction of sp³-hybridized carbons (Fsp3) is 0.333. The second-order valence-electron chi connectivity index (χ2n) is 6.45.